The fourth-order valence-electron chi connectivity index (χ4n) is 3.68. The van der Waals surface area contributed by atoms with Crippen molar-refractivity contribution in [3.63, 3.8) is 0 Å². The number of hydrogen-bond acceptors (Lipinski definition) is 1. The van der Waals surface area contributed by atoms with Gasteiger partial charge in [-0.3, -0.25) is 0 Å². The minimum atomic E-state index is -2.36. The minimum absolute atomic E-state index is 0.246. The molecular formula is C24H30NPSSn. The molecule has 28 heavy (non-hydrogen) atoms. The Morgan fingerprint density at radius 1 is 0.786 bits per heavy atom. The standard InChI is InChI=1S/C21H21NPS.3CH3.Sn/c1-18(19-12-6-3-7-13-19)22(2)23(24,20-14-8-4-9-15-20)21-16-10-5-11-17-21;;;;/h3-16,18H,1-2H3;3*1H3;/t18-,23?;;;;/m0..../s1. The van der Waals surface area contributed by atoms with Gasteiger partial charge in [0.1, 0.15) is 0 Å². The van der Waals surface area contributed by atoms with E-state index in [9.17, 15) is 0 Å². The quantitative estimate of drug-likeness (QED) is 0.326. The summed E-state index contributed by atoms with van der Waals surface area (Å²) in [5.74, 6) is 0. The van der Waals surface area contributed by atoms with Crippen LogP contribution in [-0.4, -0.2) is 30.1 Å². The first kappa shape index (κ1) is 21.8. The first-order chi connectivity index (χ1) is 13.3. The monoisotopic (exact) mass is 515 g/mol. The molecular weight excluding hydrogens is 484 g/mol. The summed E-state index contributed by atoms with van der Waals surface area (Å²) >= 11 is 4.31. The van der Waals surface area contributed by atoms with E-state index >= 15 is 0 Å². The second-order valence-electron chi connectivity index (χ2n) is 8.34. The van der Waals surface area contributed by atoms with Crippen LogP contribution < -0.4 is 14.2 Å². The maximum absolute atomic E-state index is 6.66. The van der Waals surface area contributed by atoms with Gasteiger partial charge in [-0.05, 0) is 0 Å². The van der Waals surface area contributed by atoms with Gasteiger partial charge >= 0.3 is 181 Å². The third kappa shape index (κ3) is 4.31. The number of nitrogens with zero attached hydrogens (tertiary/aromatic N) is 1. The topological polar surface area (TPSA) is 3.24 Å². The molecule has 0 heterocycles. The van der Waals surface area contributed by atoms with Gasteiger partial charge in [-0.2, -0.15) is 0 Å². The van der Waals surface area contributed by atoms with Crippen LogP contribution in [0.25, 0.3) is 0 Å². The molecule has 3 aromatic rings. The first-order valence-corrected chi connectivity index (χ1v) is 22.5. The molecule has 1 unspecified atom stereocenters. The number of benzene rings is 3. The molecule has 146 valence electrons. The molecule has 1 nitrogen and oxygen atoms in total. The molecule has 0 aliphatic rings. The summed E-state index contributed by atoms with van der Waals surface area (Å²) in [4.78, 5) is 7.45. The van der Waals surface area contributed by atoms with Crippen LogP contribution in [0.15, 0.2) is 84.9 Å². The van der Waals surface area contributed by atoms with Crippen LogP contribution in [0.4, 0.5) is 0 Å². The van der Waals surface area contributed by atoms with E-state index in [1.54, 1.807) is 3.58 Å². The second kappa shape index (κ2) is 8.83. The van der Waals surface area contributed by atoms with E-state index in [0.29, 0.717) is 0 Å². The van der Waals surface area contributed by atoms with Crippen molar-refractivity contribution in [2.24, 2.45) is 0 Å². The van der Waals surface area contributed by atoms with Crippen LogP contribution in [0.3, 0.4) is 0 Å². The van der Waals surface area contributed by atoms with Crippen LogP contribution in [0.5, 0.6) is 0 Å². The SMILES string of the molecule is C[C@@H](c1ccccc1)N(C)P(=S)(c1ccccc1)c1cccc[c]1[Sn]([CH3])([CH3])[CH3]. The van der Waals surface area contributed by atoms with E-state index in [2.05, 4.69) is 118 Å². The maximum atomic E-state index is 6.66. The molecule has 0 aromatic heterocycles. The van der Waals surface area contributed by atoms with Gasteiger partial charge in [0.2, 0.25) is 0 Å². The van der Waals surface area contributed by atoms with Gasteiger partial charge in [0, 0.05) is 0 Å². The summed E-state index contributed by atoms with van der Waals surface area (Å²) in [6.07, 6.45) is -2.15. The fraction of sp³-hybridized carbons (Fsp3) is 0.250. The van der Waals surface area contributed by atoms with E-state index < -0.39 is 24.6 Å². The predicted octanol–water partition coefficient (Wildman–Crippen LogP) is 5.27. The van der Waals surface area contributed by atoms with Crippen LogP contribution in [0, 0.1) is 0 Å². The van der Waals surface area contributed by atoms with E-state index in [-0.39, 0.29) is 6.04 Å². The molecule has 0 fully saturated rings. The zero-order valence-corrected chi connectivity index (χ0v) is 22.0. The summed E-state index contributed by atoms with van der Waals surface area (Å²) < 4.78 is 4.03. The van der Waals surface area contributed by atoms with E-state index in [4.69, 9.17) is 11.8 Å². The average molecular weight is 514 g/mol. The zero-order chi connectivity index (χ0) is 20.4. The van der Waals surface area contributed by atoms with Gasteiger partial charge in [0.05, 0.1) is 0 Å². The Balaban J connectivity index is 2.23. The van der Waals surface area contributed by atoms with E-state index in [0.717, 1.165) is 0 Å². The van der Waals surface area contributed by atoms with Crippen molar-refractivity contribution >= 4 is 50.6 Å². The van der Waals surface area contributed by atoms with Crippen molar-refractivity contribution in [1.82, 2.24) is 4.67 Å². The van der Waals surface area contributed by atoms with Crippen molar-refractivity contribution in [3.8, 4) is 0 Å². The summed E-state index contributed by atoms with van der Waals surface area (Å²) in [6, 6.07) is 30.8. The molecule has 0 aliphatic carbocycles. The third-order valence-electron chi connectivity index (χ3n) is 5.43. The van der Waals surface area contributed by atoms with E-state index in [1.165, 1.54) is 16.2 Å². The van der Waals surface area contributed by atoms with Gasteiger partial charge in [0.15, 0.2) is 0 Å². The summed E-state index contributed by atoms with van der Waals surface area (Å²) in [5, 5.41) is 2.67. The van der Waals surface area contributed by atoms with Gasteiger partial charge in [-0.1, -0.05) is 0 Å². The normalized spacial score (nSPS) is 15.2. The number of rotatable bonds is 6. The van der Waals surface area contributed by atoms with Crippen molar-refractivity contribution in [3.05, 3.63) is 90.5 Å². The molecule has 3 rings (SSSR count). The Labute approximate surface area is 179 Å². The van der Waals surface area contributed by atoms with Crippen LogP contribution in [0.1, 0.15) is 18.5 Å². The summed E-state index contributed by atoms with van der Waals surface area (Å²) in [5.41, 5.74) is 1.31. The molecule has 0 saturated carbocycles. The Hall–Kier alpha value is -0.931. The molecule has 0 spiro atoms. The van der Waals surface area contributed by atoms with Crippen LogP contribution in [0.2, 0.25) is 14.8 Å². The van der Waals surface area contributed by atoms with Crippen LogP contribution >= 0.6 is 6.19 Å². The van der Waals surface area contributed by atoms with E-state index in [1.807, 2.05) is 0 Å². The van der Waals surface area contributed by atoms with Gasteiger partial charge < -0.3 is 0 Å². The molecule has 0 N–H and O–H groups in total. The van der Waals surface area contributed by atoms with Crippen molar-refractivity contribution < 1.29 is 0 Å². The molecule has 0 saturated heterocycles. The van der Waals surface area contributed by atoms with Gasteiger partial charge in [0.25, 0.3) is 0 Å². The Morgan fingerprint density at radius 2 is 1.29 bits per heavy atom. The molecule has 0 bridgehead atoms. The summed E-state index contributed by atoms with van der Waals surface area (Å²) in [7, 11) is 2.22. The second-order valence-corrected chi connectivity index (χ2v) is 27.1. The predicted molar refractivity (Wildman–Crippen MR) is 132 cm³/mol. The van der Waals surface area contributed by atoms with Crippen molar-refractivity contribution in [1.29, 1.82) is 0 Å². The third-order valence-corrected chi connectivity index (χ3v) is 17.2. The van der Waals surface area contributed by atoms with Crippen molar-refractivity contribution in [2.45, 2.75) is 27.8 Å². The Bertz CT molecular complexity index is 967. The Kier molecular flexibility index (Phi) is 6.87. The average Bonchev–Trinajstić information content (AvgIpc) is 2.72. The molecule has 0 aliphatic heterocycles. The van der Waals surface area contributed by atoms with Gasteiger partial charge in [-0.25, -0.2) is 0 Å². The molecule has 0 radical (unpaired) electrons. The number of hydrogen-bond donors (Lipinski definition) is 0. The van der Waals surface area contributed by atoms with Gasteiger partial charge in [-0.15, -0.1) is 0 Å². The first-order valence-electron chi connectivity index (χ1n) is 9.80. The molecule has 0 amide bonds. The molecule has 4 heteroatoms. The molecule has 2 atom stereocenters. The zero-order valence-electron chi connectivity index (χ0n) is 17.5. The van der Waals surface area contributed by atoms with Crippen molar-refractivity contribution in [2.75, 3.05) is 7.05 Å². The Morgan fingerprint density at radius 3 is 1.86 bits per heavy atom. The fourth-order valence-corrected chi connectivity index (χ4v) is 16.3. The summed E-state index contributed by atoms with van der Waals surface area (Å²) in [6.45, 7) is 2.28. The molecule has 3 aromatic carbocycles. The van der Waals surface area contributed by atoms with Crippen LogP contribution in [-0.2, 0) is 11.8 Å².